The Labute approximate surface area is 77.8 Å². The maximum absolute atomic E-state index is 8.91. The zero-order chi connectivity index (χ0) is 9.45. The van der Waals surface area contributed by atoms with Crippen molar-refractivity contribution in [2.75, 3.05) is 17.3 Å². The topological polar surface area (TPSA) is 29.5 Å². The predicted molar refractivity (Wildman–Crippen MR) is 56.8 cm³/mol. The lowest BCUT2D eigenvalue weighted by molar-refractivity contribution is -0.124. The molecule has 3 heteroatoms. The van der Waals surface area contributed by atoms with Gasteiger partial charge in [-0.2, -0.15) is 4.33 Å². The van der Waals surface area contributed by atoms with Gasteiger partial charge in [-0.25, -0.2) is 5.26 Å². The fraction of sp³-hybridized carbons (Fsp3) is 1.00. The first kappa shape index (κ1) is 12.3. The highest BCUT2D eigenvalue weighted by Crippen LogP contribution is 2.49. The normalized spacial score (nSPS) is 13.3. The summed E-state index contributed by atoms with van der Waals surface area (Å²) >= 11 is 0. The van der Waals surface area contributed by atoms with Gasteiger partial charge in [-0.1, -0.05) is 20.8 Å². The molecule has 0 aromatic carbocycles. The number of rotatable bonds is 7. The van der Waals surface area contributed by atoms with Crippen LogP contribution in [0.1, 0.15) is 40.0 Å². The molecule has 0 aliphatic heterocycles. The third-order valence-corrected chi connectivity index (χ3v) is 5.66. The quantitative estimate of drug-likeness (QED) is 0.497. The van der Waals surface area contributed by atoms with Crippen molar-refractivity contribution in [2.45, 2.75) is 40.0 Å². The molecule has 12 heavy (non-hydrogen) atoms. The SMILES string of the molecule is CCCS(CCC)(CCC)OO. The Morgan fingerprint density at radius 3 is 1.42 bits per heavy atom. The van der Waals surface area contributed by atoms with Gasteiger partial charge in [-0.15, -0.1) is 10.3 Å². The molecule has 0 aromatic rings. The Kier molecular flexibility index (Phi) is 6.90. The Hall–Kier alpha value is 0.270. The maximum atomic E-state index is 8.91. The number of hydrogen-bond acceptors (Lipinski definition) is 2. The molecule has 0 bridgehead atoms. The van der Waals surface area contributed by atoms with Crippen LogP contribution < -0.4 is 0 Å². The summed E-state index contributed by atoms with van der Waals surface area (Å²) in [5.74, 6) is 3.14. The van der Waals surface area contributed by atoms with Crippen LogP contribution in [0, 0.1) is 0 Å². The van der Waals surface area contributed by atoms with Crippen molar-refractivity contribution in [1.29, 1.82) is 0 Å². The average Bonchev–Trinajstić information content (AvgIpc) is 2.06. The molecular weight excluding hydrogens is 172 g/mol. The first-order valence-electron chi connectivity index (χ1n) is 4.84. The van der Waals surface area contributed by atoms with Crippen LogP contribution in [0.4, 0.5) is 0 Å². The smallest absolute Gasteiger partial charge is 0.00156 e. The molecule has 0 unspecified atom stereocenters. The Bertz CT molecular complexity index is 89.7. The average molecular weight is 194 g/mol. The van der Waals surface area contributed by atoms with Gasteiger partial charge in [0.05, 0.1) is 0 Å². The van der Waals surface area contributed by atoms with Gasteiger partial charge in [0.25, 0.3) is 0 Å². The van der Waals surface area contributed by atoms with E-state index in [9.17, 15) is 0 Å². The third-order valence-electron chi connectivity index (χ3n) is 1.89. The fourth-order valence-electron chi connectivity index (χ4n) is 1.53. The highest BCUT2D eigenvalue weighted by Gasteiger charge is 2.22. The van der Waals surface area contributed by atoms with Crippen LogP contribution in [0.15, 0.2) is 0 Å². The van der Waals surface area contributed by atoms with Gasteiger partial charge in [0.2, 0.25) is 0 Å². The standard InChI is InChI=1S/C9H22O2S/c1-4-7-12(11-10,8-5-2)9-6-3/h10H,4-9H2,1-3H3. The van der Waals surface area contributed by atoms with Crippen molar-refractivity contribution in [3.05, 3.63) is 0 Å². The molecule has 0 saturated carbocycles. The summed E-state index contributed by atoms with van der Waals surface area (Å²) in [7, 11) is -1.13. The summed E-state index contributed by atoms with van der Waals surface area (Å²) in [6, 6.07) is 0. The minimum atomic E-state index is -1.13. The van der Waals surface area contributed by atoms with Crippen molar-refractivity contribution < 1.29 is 9.59 Å². The van der Waals surface area contributed by atoms with Crippen LogP contribution in [-0.4, -0.2) is 22.5 Å². The van der Waals surface area contributed by atoms with E-state index in [4.69, 9.17) is 9.59 Å². The summed E-state index contributed by atoms with van der Waals surface area (Å²) in [6.45, 7) is 6.43. The molecule has 0 fully saturated rings. The van der Waals surface area contributed by atoms with Gasteiger partial charge in [0.1, 0.15) is 0 Å². The minimum absolute atomic E-state index is 1.05. The van der Waals surface area contributed by atoms with Crippen LogP contribution in [0.3, 0.4) is 0 Å². The second-order valence-corrected chi connectivity index (χ2v) is 6.46. The summed E-state index contributed by atoms with van der Waals surface area (Å²) < 4.78 is 4.74. The van der Waals surface area contributed by atoms with Crippen LogP contribution in [0.2, 0.25) is 0 Å². The van der Waals surface area contributed by atoms with Crippen LogP contribution in [0.25, 0.3) is 0 Å². The molecule has 0 spiro atoms. The minimum Gasteiger partial charge on any atom is -0.241 e. The second-order valence-electron chi connectivity index (χ2n) is 3.15. The molecule has 0 radical (unpaired) electrons. The second kappa shape index (κ2) is 6.75. The van der Waals surface area contributed by atoms with Gasteiger partial charge >= 0.3 is 0 Å². The molecule has 0 amide bonds. The highest BCUT2D eigenvalue weighted by atomic mass is 32.3. The molecule has 0 heterocycles. The van der Waals surface area contributed by atoms with Crippen molar-refractivity contribution in [1.82, 2.24) is 0 Å². The lowest BCUT2D eigenvalue weighted by Crippen LogP contribution is -2.14. The van der Waals surface area contributed by atoms with E-state index >= 15 is 0 Å². The Balaban J connectivity index is 4.06. The largest absolute Gasteiger partial charge is 0.241 e. The Morgan fingerprint density at radius 2 is 1.25 bits per heavy atom. The zero-order valence-electron chi connectivity index (χ0n) is 8.51. The molecule has 1 N–H and O–H groups in total. The third kappa shape index (κ3) is 3.78. The molecule has 0 aliphatic rings. The molecule has 0 aliphatic carbocycles. The summed E-state index contributed by atoms with van der Waals surface area (Å²) in [4.78, 5) is 0. The van der Waals surface area contributed by atoms with Crippen LogP contribution >= 0.6 is 10.3 Å². The lowest BCUT2D eigenvalue weighted by atomic mass is 10.6. The van der Waals surface area contributed by atoms with Gasteiger partial charge in [-0.3, -0.25) is 0 Å². The van der Waals surface area contributed by atoms with Gasteiger partial charge < -0.3 is 0 Å². The molecule has 0 atom stereocenters. The predicted octanol–water partition coefficient (Wildman–Crippen LogP) is 3.43. The van der Waals surface area contributed by atoms with E-state index in [0.29, 0.717) is 0 Å². The molecule has 0 rings (SSSR count). The van der Waals surface area contributed by atoms with Crippen LogP contribution in [0.5, 0.6) is 0 Å². The molecule has 2 nitrogen and oxygen atoms in total. The summed E-state index contributed by atoms with van der Waals surface area (Å²) in [5, 5.41) is 8.91. The Morgan fingerprint density at radius 1 is 0.917 bits per heavy atom. The van der Waals surface area contributed by atoms with Gasteiger partial charge in [0, 0.05) is 17.3 Å². The van der Waals surface area contributed by atoms with E-state index in [2.05, 4.69) is 20.8 Å². The fourth-order valence-corrected chi connectivity index (χ4v) is 4.60. The monoisotopic (exact) mass is 194 g/mol. The van der Waals surface area contributed by atoms with Crippen molar-refractivity contribution in [3.63, 3.8) is 0 Å². The van der Waals surface area contributed by atoms with Gasteiger partial charge in [0.15, 0.2) is 0 Å². The van der Waals surface area contributed by atoms with E-state index in [-0.39, 0.29) is 0 Å². The molecule has 0 aromatic heterocycles. The van der Waals surface area contributed by atoms with Crippen molar-refractivity contribution >= 4 is 10.3 Å². The van der Waals surface area contributed by atoms with Crippen molar-refractivity contribution in [2.24, 2.45) is 0 Å². The van der Waals surface area contributed by atoms with Crippen molar-refractivity contribution in [3.8, 4) is 0 Å². The first-order chi connectivity index (χ1) is 5.74. The highest BCUT2D eigenvalue weighted by molar-refractivity contribution is 8.29. The maximum Gasteiger partial charge on any atom is 0.00156 e. The first-order valence-corrected chi connectivity index (χ1v) is 6.90. The van der Waals surface area contributed by atoms with E-state index in [0.717, 1.165) is 36.5 Å². The summed E-state index contributed by atoms with van der Waals surface area (Å²) in [6.07, 6.45) is 3.32. The van der Waals surface area contributed by atoms with E-state index in [1.54, 1.807) is 0 Å². The zero-order valence-corrected chi connectivity index (χ0v) is 9.32. The lowest BCUT2D eigenvalue weighted by Gasteiger charge is -2.35. The summed E-state index contributed by atoms with van der Waals surface area (Å²) in [5.41, 5.74) is 0. The molecule has 76 valence electrons. The number of hydrogen-bond donors (Lipinski definition) is 1. The molecular formula is C9H22O2S. The van der Waals surface area contributed by atoms with E-state index < -0.39 is 10.3 Å². The van der Waals surface area contributed by atoms with E-state index in [1.807, 2.05) is 0 Å². The van der Waals surface area contributed by atoms with Gasteiger partial charge in [-0.05, 0) is 19.3 Å². The van der Waals surface area contributed by atoms with Crippen LogP contribution in [-0.2, 0) is 4.33 Å². The van der Waals surface area contributed by atoms with E-state index in [1.165, 1.54) is 0 Å². The molecule has 0 saturated heterocycles.